The van der Waals surface area contributed by atoms with Crippen LogP contribution in [0, 0.1) is 12.8 Å². The molecule has 0 radical (unpaired) electrons. The molecule has 1 aliphatic rings. The van der Waals surface area contributed by atoms with E-state index in [9.17, 15) is 0 Å². The van der Waals surface area contributed by atoms with Crippen LogP contribution < -0.4 is 0 Å². The quantitative estimate of drug-likeness (QED) is 0.854. The summed E-state index contributed by atoms with van der Waals surface area (Å²) in [5, 5.41) is 0. The first-order chi connectivity index (χ1) is 9.61. The maximum atomic E-state index is 4.78. The molecule has 0 aromatic carbocycles. The molecule has 1 aliphatic heterocycles. The van der Waals surface area contributed by atoms with Gasteiger partial charge in [-0.2, -0.15) is 0 Å². The Kier molecular flexibility index (Phi) is 3.79. The largest absolute Gasteiger partial charge is 0.307 e. The van der Waals surface area contributed by atoms with Gasteiger partial charge in [-0.15, -0.1) is 0 Å². The van der Waals surface area contributed by atoms with Crippen molar-refractivity contribution in [2.75, 3.05) is 13.1 Å². The molecule has 0 spiro atoms. The average molecular weight is 271 g/mol. The van der Waals surface area contributed by atoms with Crippen molar-refractivity contribution in [2.45, 2.75) is 46.1 Å². The lowest BCUT2D eigenvalue weighted by Crippen LogP contribution is -2.40. The van der Waals surface area contributed by atoms with Crippen LogP contribution in [0.4, 0.5) is 0 Å². The normalized spacial score (nSPS) is 20.9. The zero-order valence-electron chi connectivity index (χ0n) is 12.8. The highest BCUT2D eigenvalue weighted by Gasteiger charge is 2.22. The van der Waals surface area contributed by atoms with Crippen molar-refractivity contribution in [3.63, 3.8) is 0 Å². The van der Waals surface area contributed by atoms with Gasteiger partial charge in [-0.3, -0.25) is 0 Å². The van der Waals surface area contributed by atoms with E-state index in [2.05, 4.69) is 54.6 Å². The third-order valence-electron chi connectivity index (χ3n) is 4.44. The molecule has 1 fully saturated rings. The van der Waals surface area contributed by atoms with Crippen molar-refractivity contribution < 1.29 is 0 Å². The van der Waals surface area contributed by atoms with Crippen LogP contribution in [0.25, 0.3) is 5.65 Å². The van der Waals surface area contributed by atoms with Crippen LogP contribution in [-0.4, -0.2) is 33.4 Å². The molecule has 0 saturated carbocycles. The Hall–Kier alpha value is -1.35. The van der Waals surface area contributed by atoms with Gasteiger partial charge in [0.2, 0.25) is 0 Å². The summed E-state index contributed by atoms with van der Waals surface area (Å²) in [6.07, 6.45) is 8.10. The van der Waals surface area contributed by atoms with E-state index in [1.165, 1.54) is 37.2 Å². The second-order valence-electron chi connectivity index (χ2n) is 6.50. The Morgan fingerprint density at radius 2 is 2.25 bits per heavy atom. The number of nitrogens with zero attached hydrogens (tertiary/aromatic N) is 3. The van der Waals surface area contributed by atoms with Gasteiger partial charge < -0.3 is 9.30 Å². The fourth-order valence-corrected chi connectivity index (χ4v) is 3.26. The number of aromatic nitrogens is 2. The van der Waals surface area contributed by atoms with E-state index < -0.39 is 0 Å². The Bertz CT molecular complexity index is 585. The van der Waals surface area contributed by atoms with Crippen LogP contribution in [0.15, 0.2) is 24.5 Å². The number of hydrogen-bond donors (Lipinski definition) is 0. The summed E-state index contributed by atoms with van der Waals surface area (Å²) >= 11 is 0. The first kappa shape index (κ1) is 13.6. The number of likely N-dealkylation sites (tertiary alicyclic amines) is 1. The minimum Gasteiger partial charge on any atom is -0.307 e. The van der Waals surface area contributed by atoms with Gasteiger partial charge in [0.1, 0.15) is 5.65 Å². The van der Waals surface area contributed by atoms with Gasteiger partial charge in [0.15, 0.2) is 0 Å². The maximum absolute atomic E-state index is 4.78. The lowest BCUT2D eigenvalue weighted by molar-refractivity contribution is 0.139. The monoisotopic (exact) mass is 271 g/mol. The molecule has 108 valence electrons. The summed E-state index contributed by atoms with van der Waals surface area (Å²) in [4.78, 5) is 7.39. The third-order valence-corrected chi connectivity index (χ3v) is 4.44. The summed E-state index contributed by atoms with van der Waals surface area (Å²) in [5.41, 5.74) is 3.60. The number of hydrogen-bond acceptors (Lipinski definition) is 2. The molecule has 2 aromatic heterocycles. The van der Waals surface area contributed by atoms with Gasteiger partial charge in [-0.05, 0) is 70.2 Å². The summed E-state index contributed by atoms with van der Waals surface area (Å²) in [5.74, 6) is 0.761. The second kappa shape index (κ2) is 5.57. The smallest absolute Gasteiger partial charge is 0.137 e. The van der Waals surface area contributed by atoms with Crippen LogP contribution in [0.1, 0.15) is 37.9 Å². The molecule has 0 aliphatic carbocycles. The van der Waals surface area contributed by atoms with Gasteiger partial charge in [-0.25, -0.2) is 4.98 Å². The van der Waals surface area contributed by atoms with E-state index in [-0.39, 0.29) is 0 Å². The predicted molar refractivity (Wildman–Crippen MR) is 83.1 cm³/mol. The molecule has 3 rings (SSSR count). The number of fused-ring (bicyclic) bond motifs is 1. The first-order valence-electron chi connectivity index (χ1n) is 7.80. The van der Waals surface area contributed by atoms with E-state index >= 15 is 0 Å². The standard InChI is InChI=1S/C17H25N3/c1-13(2)19-7-4-5-15(11-19)10-16-12-20-8-6-14(3)9-17(20)18-16/h6,8-9,12-13,15H,4-5,7,10-11H2,1-3H3. The number of aryl methyl sites for hydroxylation is 1. The number of imidazole rings is 1. The van der Waals surface area contributed by atoms with Crippen LogP contribution in [0.3, 0.4) is 0 Å². The predicted octanol–water partition coefficient (Wildman–Crippen LogP) is 3.31. The van der Waals surface area contributed by atoms with Gasteiger partial charge in [0.05, 0.1) is 5.69 Å². The first-order valence-corrected chi connectivity index (χ1v) is 7.80. The van der Waals surface area contributed by atoms with Crippen molar-refractivity contribution in [3.05, 3.63) is 35.8 Å². The topological polar surface area (TPSA) is 20.5 Å². The van der Waals surface area contributed by atoms with Gasteiger partial charge >= 0.3 is 0 Å². The highest BCUT2D eigenvalue weighted by molar-refractivity contribution is 5.42. The fraction of sp³-hybridized carbons (Fsp3) is 0.588. The minimum absolute atomic E-state index is 0.668. The third kappa shape index (κ3) is 2.88. The SMILES string of the molecule is Cc1ccn2cc(CC3CCCN(C(C)C)C3)nc2c1. The number of rotatable bonds is 3. The molecule has 1 unspecified atom stereocenters. The highest BCUT2D eigenvalue weighted by atomic mass is 15.2. The molecule has 1 saturated heterocycles. The molecule has 0 amide bonds. The van der Waals surface area contributed by atoms with Crippen molar-refractivity contribution in [1.82, 2.24) is 14.3 Å². The highest BCUT2D eigenvalue weighted by Crippen LogP contribution is 2.22. The van der Waals surface area contributed by atoms with E-state index in [4.69, 9.17) is 4.98 Å². The molecule has 1 atom stereocenters. The summed E-state index contributed by atoms with van der Waals surface area (Å²) < 4.78 is 2.14. The Morgan fingerprint density at radius 3 is 3.05 bits per heavy atom. The fourth-order valence-electron chi connectivity index (χ4n) is 3.26. The average Bonchev–Trinajstić information content (AvgIpc) is 2.80. The van der Waals surface area contributed by atoms with Gasteiger partial charge in [-0.1, -0.05) is 0 Å². The van der Waals surface area contributed by atoms with Crippen molar-refractivity contribution in [1.29, 1.82) is 0 Å². The zero-order valence-corrected chi connectivity index (χ0v) is 12.8. The Morgan fingerprint density at radius 1 is 1.40 bits per heavy atom. The van der Waals surface area contributed by atoms with Crippen LogP contribution in [-0.2, 0) is 6.42 Å². The summed E-state index contributed by atoms with van der Waals surface area (Å²) in [7, 11) is 0. The van der Waals surface area contributed by atoms with Crippen LogP contribution in [0.2, 0.25) is 0 Å². The molecule has 0 N–H and O–H groups in total. The Labute approximate surface area is 121 Å². The minimum atomic E-state index is 0.668. The summed E-state index contributed by atoms with van der Waals surface area (Å²) in [6.45, 7) is 9.21. The van der Waals surface area contributed by atoms with Gasteiger partial charge in [0, 0.05) is 25.0 Å². The van der Waals surface area contributed by atoms with E-state index in [1.54, 1.807) is 0 Å². The molecule has 3 nitrogen and oxygen atoms in total. The maximum Gasteiger partial charge on any atom is 0.137 e. The van der Waals surface area contributed by atoms with E-state index in [0.29, 0.717) is 6.04 Å². The molecule has 20 heavy (non-hydrogen) atoms. The van der Waals surface area contributed by atoms with Crippen LogP contribution >= 0.6 is 0 Å². The molecule has 0 bridgehead atoms. The van der Waals surface area contributed by atoms with Crippen LogP contribution in [0.5, 0.6) is 0 Å². The van der Waals surface area contributed by atoms with E-state index in [1.807, 2.05) is 0 Å². The second-order valence-corrected chi connectivity index (χ2v) is 6.50. The van der Waals surface area contributed by atoms with Crippen molar-refractivity contribution in [3.8, 4) is 0 Å². The molecule has 2 aromatic rings. The molecule has 3 heterocycles. The zero-order chi connectivity index (χ0) is 14.1. The molecule has 3 heteroatoms. The number of piperidine rings is 1. The van der Waals surface area contributed by atoms with Gasteiger partial charge in [0.25, 0.3) is 0 Å². The Balaban J connectivity index is 1.72. The lowest BCUT2D eigenvalue weighted by Gasteiger charge is -2.35. The molecular formula is C17H25N3. The van der Waals surface area contributed by atoms with E-state index in [0.717, 1.165) is 18.0 Å². The molecular weight excluding hydrogens is 246 g/mol. The van der Waals surface area contributed by atoms with Crippen molar-refractivity contribution in [2.24, 2.45) is 5.92 Å². The number of pyridine rings is 1. The van der Waals surface area contributed by atoms with Crippen molar-refractivity contribution >= 4 is 5.65 Å². The lowest BCUT2D eigenvalue weighted by atomic mass is 9.93. The summed E-state index contributed by atoms with van der Waals surface area (Å²) in [6, 6.07) is 4.96.